The zero-order chi connectivity index (χ0) is 9.10. The maximum Gasteiger partial charge on any atom is 0.242 e. The van der Waals surface area contributed by atoms with Crippen LogP contribution in [0.15, 0.2) is 4.42 Å². The summed E-state index contributed by atoms with van der Waals surface area (Å²) in [6.07, 6.45) is 5.33. The average molecular weight is 182 g/mol. The lowest BCUT2D eigenvalue weighted by atomic mass is 10.3. The lowest BCUT2D eigenvalue weighted by Gasteiger charge is -2.07. The van der Waals surface area contributed by atoms with Gasteiger partial charge in [-0.05, 0) is 12.8 Å². The number of nitrogens with zero attached hydrogens (tertiary/aromatic N) is 2. The van der Waals surface area contributed by atoms with Gasteiger partial charge in [-0.15, -0.1) is 10.2 Å². The minimum absolute atomic E-state index is 0.409. The summed E-state index contributed by atoms with van der Waals surface area (Å²) in [4.78, 5) is 0. The Bertz CT molecular complexity index is 266. The summed E-state index contributed by atoms with van der Waals surface area (Å²) in [5.41, 5.74) is 0. The predicted octanol–water partition coefficient (Wildman–Crippen LogP) is 1.84. The molecule has 0 unspecified atom stereocenters. The van der Waals surface area contributed by atoms with Crippen LogP contribution in [0.1, 0.15) is 37.5 Å². The molecular formula is C9H14N2O2. The molecule has 72 valence electrons. The molecule has 1 heterocycles. The third-order valence-electron chi connectivity index (χ3n) is 2.31. The van der Waals surface area contributed by atoms with Crippen molar-refractivity contribution >= 4 is 0 Å². The summed E-state index contributed by atoms with van der Waals surface area (Å²) in [5, 5.41) is 7.60. The molecule has 1 aliphatic carbocycles. The Labute approximate surface area is 77.3 Å². The first-order valence-electron chi connectivity index (χ1n) is 4.75. The number of aromatic nitrogens is 2. The molecule has 0 aromatic carbocycles. The lowest BCUT2D eigenvalue weighted by molar-refractivity contribution is 0.0328. The zero-order valence-electron chi connectivity index (χ0n) is 7.82. The molecular weight excluding hydrogens is 168 g/mol. The highest BCUT2D eigenvalue weighted by atomic mass is 16.5. The molecule has 0 spiro atoms. The molecule has 1 saturated carbocycles. The summed E-state index contributed by atoms with van der Waals surface area (Å²) < 4.78 is 10.8. The van der Waals surface area contributed by atoms with Crippen LogP contribution >= 0.6 is 0 Å². The lowest BCUT2D eigenvalue weighted by Crippen LogP contribution is -2.07. The molecule has 0 N–H and O–H groups in total. The first kappa shape index (κ1) is 8.69. The molecule has 1 fully saturated rings. The Kier molecular flexibility index (Phi) is 2.59. The van der Waals surface area contributed by atoms with Crippen LogP contribution in [0.3, 0.4) is 0 Å². The van der Waals surface area contributed by atoms with Crippen LogP contribution in [-0.4, -0.2) is 16.3 Å². The van der Waals surface area contributed by atoms with Crippen molar-refractivity contribution in [3.8, 4) is 0 Å². The van der Waals surface area contributed by atoms with E-state index in [9.17, 15) is 0 Å². The average Bonchev–Trinajstić information content (AvgIpc) is 2.71. The molecule has 1 aromatic rings. The molecule has 0 aliphatic heterocycles. The SMILES string of the molecule is Cc1nnc(COC2CCCC2)o1. The van der Waals surface area contributed by atoms with Crippen LogP contribution in [0, 0.1) is 6.92 Å². The van der Waals surface area contributed by atoms with Gasteiger partial charge in [0.05, 0.1) is 6.10 Å². The monoisotopic (exact) mass is 182 g/mol. The second-order valence-electron chi connectivity index (χ2n) is 3.43. The van der Waals surface area contributed by atoms with Crippen molar-refractivity contribution in [2.24, 2.45) is 0 Å². The predicted molar refractivity (Wildman–Crippen MR) is 46.1 cm³/mol. The summed E-state index contributed by atoms with van der Waals surface area (Å²) in [5.74, 6) is 1.19. The van der Waals surface area contributed by atoms with Crippen molar-refractivity contribution in [2.45, 2.75) is 45.3 Å². The molecule has 13 heavy (non-hydrogen) atoms. The molecule has 0 saturated heterocycles. The van der Waals surface area contributed by atoms with Gasteiger partial charge in [0.2, 0.25) is 11.8 Å². The van der Waals surface area contributed by atoms with Gasteiger partial charge in [-0.2, -0.15) is 0 Å². The van der Waals surface area contributed by atoms with Gasteiger partial charge in [0.1, 0.15) is 6.61 Å². The van der Waals surface area contributed by atoms with Gasteiger partial charge in [-0.25, -0.2) is 0 Å². The first-order valence-corrected chi connectivity index (χ1v) is 4.75. The Morgan fingerprint density at radius 2 is 2.15 bits per heavy atom. The van der Waals surface area contributed by atoms with Gasteiger partial charge in [0.25, 0.3) is 0 Å². The normalized spacial score (nSPS) is 18.2. The highest BCUT2D eigenvalue weighted by Crippen LogP contribution is 2.21. The van der Waals surface area contributed by atoms with Crippen molar-refractivity contribution in [1.82, 2.24) is 10.2 Å². The maximum atomic E-state index is 5.61. The van der Waals surface area contributed by atoms with E-state index in [4.69, 9.17) is 9.15 Å². The number of rotatable bonds is 3. The second-order valence-corrected chi connectivity index (χ2v) is 3.43. The highest BCUT2D eigenvalue weighted by molar-refractivity contribution is 4.76. The summed E-state index contributed by atoms with van der Waals surface area (Å²) in [7, 11) is 0. The Morgan fingerprint density at radius 3 is 2.77 bits per heavy atom. The number of hydrogen-bond donors (Lipinski definition) is 0. The standard InChI is InChI=1S/C9H14N2O2/c1-7-10-11-9(13-7)6-12-8-4-2-3-5-8/h8H,2-6H2,1H3. The molecule has 0 radical (unpaired) electrons. The Balaban J connectivity index is 1.78. The largest absolute Gasteiger partial charge is 0.423 e. The van der Waals surface area contributed by atoms with E-state index < -0.39 is 0 Å². The Hall–Kier alpha value is -0.900. The highest BCUT2D eigenvalue weighted by Gasteiger charge is 2.16. The van der Waals surface area contributed by atoms with E-state index in [-0.39, 0.29) is 0 Å². The fourth-order valence-electron chi connectivity index (χ4n) is 1.64. The number of hydrogen-bond acceptors (Lipinski definition) is 4. The van der Waals surface area contributed by atoms with E-state index in [0.717, 1.165) is 0 Å². The molecule has 4 heteroatoms. The van der Waals surface area contributed by atoms with E-state index in [1.54, 1.807) is 6.92 Å². The fraction of sp³-hybridized carbons (Fsp3) is 0.778. The third-order valence-corrected chi connectivity index (χ3v) is 2.31. The van der Waals surface area contributed by atoms with Crippen LogP contribution in [0.4, 0.5) is 0 Å². The van der Waals surface area contributed by atoms with Gasteiger partial charge >= 0.3 is 0 Å². The third kappa shape index (κ3) is 2.28. The quantitative estimate of drug-likeness (QED) is 0.715. The topological polar surface area (TPSA) is 48.2 Å². The summed E-state index contributed by atoms with van der Waals surface area (Å²) in [6.45, 7) is 2.25. The minimum atomic E-state index is 0.409. The van der Waals surface area contributed by atoms with Gasteiger partial charge in [-0.1, -0.05) is 12.8 Å². The zero-order valence-corrected chi connectivity index (χ0v) is 7.82. The van der Waals surface area contributed by atoms with E-state index in [0.29, 0.717) is 24.5 Å². The molecule has 4 nitrogen and oxygen atoms in total. The molecule has 2 rings (SSSR count). The maximum absolute atomic E-state index is 5.61. The minimum Gasteiger partial charge on any atom is -0.423 e. The first-order chi connectivity index (χ1) is 6.34. The summed E-state index contributed by atoms with van der Waals surface area (Å²) in [6, 6.07) is 0. The molecule has 1 aromatic heterocycles. The van der Waals surface area contributed by atoms with E-state index in [1.807, 2.05) is 0 Å². The van der Waals surface area contributed by atoms with Crippen LogP contribution in [-0.2, 0) is 11.3 Å². The van der Waals surface area contributed by atoms with E-state index in [2.05, 4.69) is 10.2 Å². The number of aryl methyl sites for hydroxylation is 1. The second kappa shape index (κ2) is 3.87. The van der Waals surface area contributed by atoms with Crippen LogP contribution < -0.4 is 0 Å². The van der Waals surface area contributed by atoms with Crippen LogP contribution in [0.2, 0.25) is 0 Å². The fourth-order valence-corrected chi connectivity index (χ4v) is 1.64. The van der Waals surface area contributed by atoms with Gasteiger partial charge in [0.15, 0.2) is 0 Å². The number of ether oxygens (including phenoxy) is 1. The van der Waals surface area contributed by atoms with Crippen molar-refractivity contribution in [3.05, 3.63) is 11.8 Å². The van der Waals surface area contributed by atoms with Crippen molar-refractivity contribution in [3.63, 3.8) is 0 Å². The van der Waals surface area contributed by atoms with Gasteiger partial charge in [0, 0.05) is 6.92 Å². The summed E-state index contributed by atoms with van der Waals surface area (Å²) >= 11 is 0. The smallest absolute Gasteiger partial charge is 0.242 e. The van der Waals surface area contributed by atoms with E-state index in [1.165, 1.54) is 25.7 Å². The van der Waals surface area contributed by atoms with Crippen LogP contribution in [0.25, 0.3) is 0 Å². The molecule has 0 amide bonds. The van der Waals surface area contributed by atoms with Crippen molar-refractivity contribution < 1.29 is 9.15 Å². The van der Waals surface area contributed by atoms with Crippen molar-refractivity contribution in [2.75, 3.05) is 0 Å². The van der Waals surface area contributed by atoms with E-state index >= 15 is 0 Å². The van der Waals surface area contributed by atoms with Gasteiger partial charge < -0.3 is 9.15 Å². The molecule has 0 atom stereocenters. The van der Waals surface area contributed by atoms with Crippen molar-refractivity contribution in [1.29, 1.82) is 0 Å². The molecule has 1 aliphatic rings. The molecule has 0 bridgehead atoms. The van der Waals surface area contributed by atoms with Crippen LogP contribution in [0.5, 0.6) is 0 Å². The Morgan fingerprint density at radius 1 is 1.38 bits per heavy atom. The van der Waals surface area contributed by atoms with Gasteiger partial charge in [-0.3, -0.25) is 0 Å².